The highest BCUT2D eigenvalue weighted by molar-refractivity contribution is 6.76. The first-order valence-corrected chi connectivity index (χ1v) is 16.7. The number of rotatable bonds is 9. The average Bonchev–Trinajstić information content (AvgIpc) is 3.11. The number of anilines is 1. The summed E-state index contributed by atoms with van der Waals surface area (Å²) in [5.74, 6) is 0.0843. The number of amides is 1. The van der Waals surface area contributed by atoms with Gasteiger partial charge in [0.2, 0.25) is 5.95 Å². The van der Waals surface area contributed by atoms with Crippen molar-refractivity contribution in [3.8, 4) is 11.1 Å². The molecule has 12 heteroatoms. The molecule has 2 saturated heterocycles. The zero-order chi connectivity index (χ0) is 32.8. The van der Waals surface area contributed by atoms with Gasteiger partial charge in [-0.1, -0.05) is 108 Å². The number of piperazine rings is 1. The molecule has 4 aromatic rings. The lowest BCUT2D eigenvalue weighted by Gasteiger charge is -2.40. The summed E-state index contributed by atoms with van der Waals surface area (Å²) >= 11 is 17.2. The van der Waals surface area contributed by atoms with E-state index >= 15 is 0 Å². The van der Waals surface area contributed by atoms with Crippen LogP contribution in [0.3, 0.4) is 0 Å². The van der Waals surface area contributed by atoms with Crippen LogP contribution in [0, 0.1) is 0 Å². The highest BCUT2D eigenvalue weighted by Crippen LogP contribution is 2.39. The molecule has 3 heterocycles. The van der Waals surface area contributed by atoms with Crippen molar-refractivity contribution in [2.75, 3.05) is 37.6 Å². The molecule has 0 unspecified atom stereocenters. The Bertz CT molecular complexity index is 1620. The fourth-order valence-electron chi connectivity index (χ4n) is 5.96. The number of nitrogens with one attached hydrogen (secondary N) is 1. The fraction of sp³-hybridized carbons (Fsp3) is 0.343. The van der Waals surface area contributed by atoms with E-state index in [4.69, 9.17) is 44.3 Å². The van der Waals surface area contributed by atoms with Gasteiger partial charge in [-0.15, -0.1) is 0 Å². The normalized spacial score (nSPS) is 20.6. The minimum atomic E-state index is -2.03. The van der Waals surface area contributed by atoms with Gasteiger partial charge in [0.05, 0.1) is 18.8 Å². The van der Waals surface area contributed by atoms with E-state index in [9.17, 15) is 9.90 Å². The van der Waals surface area contributed by atoms with Gasteiger partial charge in [0, 0.05) is 63.6 Å². The molecule has 2 N–H and O–H groups in total. The topological polar surface area (TPSA) is 100 Å². The Balaban J connectivity index is 1.17. The molecular formula is C35H36Cl3N5O4. The van der Waals surface area contributed by atoms with Gasteiger partial charge < -0.3 is 24.8 Å². The number of halogens is 3. The van der Waals surface area contributed by atoms with Gasteiger partial charge in [-0.3, -0.25) is 9.69 Å². The maximum atomic E-state index is 12.1. The maximum Gasteiger partial charge on any atom is 0.272 e. The number of ether oxygens (including phenoxy) is 2. The van der Waals surface area contributed by atoms with Crippen molar-refractivity contribution >= 4 is 46.7 Å². The second-order valence-corrected chi connectivity index (χ2v) is 13.9. The number of aromatic nitrogens is 2. The molecule has 9 nitrogen and oxygen atoms in total. The van der Waals surface area contributed by atoms with Crippen molar-refractivity contribution < 1.29 is 19.4 Å². The molecule has 0 spiro atoms. The Morgan fingerprint density at radius 2 is 1.55 bits per heavy atom. The number of alkyl halides is 3. The van der Waals surface area contributed by atoms with Crippen LogP contribution in [0.4, 0.5) is 5.95 Å². The minimum absolute atomic E-state index is 0.00504. The molecule has 3 aromatic carbocycles. The Kier molecular flexibility index (Phi) is 10.9. The molecule has 0 radical (unpaired) electrons. The lowest BCUT2D eigenvalue weighted by molar-refractivity contribution is -0.253. The second kappa shape index (κ2) is 15.3. The van der Waals surface area contributed by atoms with Gasteiger partial charge in [0.15, 0.2) is 6.29 Å². The number of hydrogen-bond acceptors (Lipinski definition) is 8. The van der Waals surface area contributed by atoms with Crippen LogP contribution < -0.4 is 10.2 Å². The smallest absolute Gasteiger partial charge is 0.272 e. The summed E-state index contributed by atoms with van der Waals surface area (Å²) in [6.45, 7) is 4.45. The number of nitrogens with zero attached hydrogens (tertiary/aromatic N) is 4. The molecule has 47 heavy (non-hydrogen) atoms. The van der Waals surface area contributed by atoms with E-state index in [2.05, 4.69) is 25.1 Å². The van der Waals surface area contributed by atoms with Crippen molar-refractivity contribution in [2.24, 2.45) is 0 Å². The van der Waals surface area contributed by atoms with E-state index in [0.29, 0.717) is 6.42 Å². The van der Waals surface area contributed by atoms with Crippen molar-refractivity contribution in [3.63, 3.8) is 0 Å². The van der Waals surface area contributed by atoms with Crippen LogP contribution >= 0.6 is 34.8 Å². The molecule has 2 aliphatic rings. The molecule has 2 fully saturated rings. The van der Waals surface area contributed by atoms with Gasteiger partial charge in [0.1, 0.15) is 0 Å². The van der Waals surface area contributed by atoms with Crippen molar-refractivity contribution in [1.29, 1.82) is 0 Å². The summed E-state index contributed by atoms with van der Waals surface area (Å²) in [5, 5.41) is 12.2. The van der Waals surface area contributed by atoms with Crippen LogP contribution in [0.25, 0.3) is 11.1 Å². The fourth-order valence-corrected chi connectivity index (χ4v) is 6.16. The lowest BCUT2D eigenvalue weighted by Crippen LogP contribution is -2.50. The van der Waals surface area contributed by atoms with Gasteiger partial charge in [-0.25, -0.2) is 9.97 Å². The quantitative estimate of drug-likeness (QED) is 0.206. The van der Waals surface area contributed by atoms with E-state index < -0.39 is 16.0 Å². The van der Waals surface area contributed by atoms with E-state index in [-0.39, 0.29) is 25.4 Å². The van der Waals surface area contributed by atoms with E-state index in [1.165, 1.54) is 0 Å². The van der Waals surface area contributed by atoms with Gasteiger partial charge >= 0.3 is 0 Å². The third-order valence-corrected chi connectivity index (χ3v) is 9.01. The maximum absolute atomic E-state index is 12.1. The molecule has 1 aromatic heterocycles. The average molecular weight is 697 g/mol. The Labute approximate surface area is 289 Å². The molecule has 6 rings (SSSR count). The SMILES string of the molecule is O=C(NCc1ccccc1-c1ccc([C@@H]2O[C@H](CN3CCN(c4ncccn4)CC3)C[C@H](c3ccc(CO)cc3)O2)cc1)C(Cl)(Cl)Cl. The zero-order valence-corrected chi connectivity index (χ0v) is 27.9. The third-order valence-electron chi connectivity index (χ3n) is 8.49. The predicted molar refractivity (Wildman–Crippen MR) is 183 cm³/mol. The summed E-state index contributed by atoms with van der Waals surface area (Å²) in [6.07, 6.45) is 3.46. The standard InChI is InChI=1S/C35H36Cl3N5O4/c36-35(37,38)33(45)41-21-28-4-1-2-5-30(28)25-10-12-27(13-11-25)32-46-29(20-31(47-32)26-8-6-24(23-44)7-9-26)22-42-16-18-43(19-17-42)34-39-14-3-15-40-34/h1-15,29,31-32,44H,16-23H2,(H,41,45)/t29-,31+,32+/m0/s1. The summed E-state index contributed by atoms with van der Waals surface area (Å²) < 4.78 is 11.2. The van der Waals surface area contributed by atoms with Crippen molar-refractivity contribution in [1.82, 2.24) is 20.2 Å². The summed E-state index contributed by atoms with van der Waals surface area (Å²) in [7, 11) is 0. The molecule has 246 valence electrons. The van der Waals surface area contributed by atoms with Crippen LogP contribution in [0.5, 0.6) is 0 Å². The van der Waals surface area contributed by atoms with Gasteiger partial charge in [-0.05, 0) is 33.9 Å². The first kappa shape index (κ1) is 33.6. The summed E-state index contributed by atoms with van der Waals surface area (Å²) in [4.78, 5) is 25.6. The largest absolute Gasteiger partial charge is 0.392 e. The third kappa shape index (κ3) is 8.61. The van der Waals surface area contributed by atoms with Crippen LogP contribution in [0.2, 0.25) is 0 Å². The monoisotopic (exact) mass is 695 g/mol. The molecule has 2 aliphatic heterocycles. The van der Waals surface area contributed by atoms with Crippen molar-refractivity contribution in [3.05, 3.63) is 114 Å². The zero-order valence-electron chi connectivity index (χ0n) is 25.6. The van der Waals surface area contributed by atoms with E-state index in [1.54, 1.807) is 12.4 Å². The Hall–Kier alpha value is -3.28. The van der Waals surface area contributed by atoms with Gasteiger partial charge in [-0.2, -0.15) is 0 Å². The minimum Gasteiger partial charge on any atom is -0.392 e. The first-order valence-electron chi connectivity index (χ1n) is 15.5. The number of hydrogen-bond donors (Lipinski definition) is 2. The Morgan fingerprint density at radius 3 is 2.23 bits per heavy atom. The second-order valence-electron chi connectivity index (χ2n) is 11.6. The summed E-state index contributed by atoms with van der Waals surface area (Å²) in [6, 6.07) is 25.6. The number of benzene rings is 3. The number of carbonyl (C=O) groups excluding carboxylic acids is 1. The van der Waals surface area contributed by atoms with Crippen LogP contribution in [-0.4, -0.2) is 68.5 Å². The Morgan fingerprint density at radius 1 is 0.872 bits per heavy atom. The van der Waals surface area contributed by atoms with Crippen LogP contribution in [-0.2, 0) is 27.4 Å². The highest BCUT2D eigenvalue weighted by Gasteiger charge is 2.34. The van der Waals surface area contributed by atoms with E-state index in [1.807, 2.05) is 78.9 Å². The molecule has 0 bridgehead atoms. The van der Waals surface area contributed by atoms with Gasteiger partial charge in [0.25, 0.3) is 9.70 Å². The molecule has 1 amide bonds. The summed E-state index contributed by atoms with van der Waals surface area (Å²) in [5.41, 5.74) is 5.62. The number of carbonyl (C=O) groups is 1. The first-order chi connectivity index (χ1) is 22.8. The number of aliphatic hydroxyl groups excluding tert-OH is 1. The highest BCUT2D eigenvalue weighted by atomic mass is 35.6. The molecule has 0 aliphatic carbocycles. The number of aliphatic hydroxyl groups is 1. The van der Waals surface area contributed by atoms with Crippen molar-refractivity contribution in [2.45, 2.75) is 41.9 Å². The molecule has 3 atom stereocenters. The molecular weight excluding hydrogens is 661 g/mol. The molecule has 0 saturated carbocycles. The van der Waals surface area contributed by atoms with Crippen LogP contribution in [0.1, 0.15) is 41.1 Å². The van der Waals surface area contributed by atoms with E-state index in [0.717, 1.165) is 72.1 Å². The predicted octanol–water partition coefficient (Wildman–Crippen LogP) is 5.99. The lowest BCUT2D eigenvalue weighted by atomic mass is 9.97. The van der Waals surface area contributed by atoms with Crippen LogP contribution in [0.15, 0.2) is 91.3 Å².